The summed E-state index contributed by atoms with van der Waals surface area (Å²) >= 11 is 0. The maximum Gasteiger partial charge on any atom is 0.227 e. The lowest BCUT2D eigenvalue weighted by Crippen LogP contribution is -2.23. The highest BCUT2D eigenvalue weighted by Gasteiger charge is 2.21. The number of amides is 2. The van der Waals surface area contributed by atoms with Crippen LogP contribution in [0, 0.1) is 0 Å². The van der Waals surface area contributed by atoms with E-state index in [1.807, 2.05) is 65.5 Å². The van der Waals surface area contributed by atoms with Gasteiger partial charge in [-0.1, -0.05) is 18.2 Å². The predicted molar refractivity (Wildman–Crippen MR) is 109 cm³/mol. The van der Waals surface area contributed by atoms with Crippen LogP contribution < -0.4 is 10.2 Å². The molecule has 1 aliphatic rings. The van der Waals surface area contributed by atoms with Crippen molar-refractivity contribution in [2.75, 3.05) is 16.8 Å². The number of hydrogen-bond acceptors (Lipinski definition) is 3. The second-order valence-electron chi connectivity index (χ2n) is 6.87. The van der Waals surface area contributed by atoms with Crippen LogP contribution in [-0.2, 0) is 16.0 Å². The highest BCUT2D eigenvalue weighted by atomic mass is 16.2. The molecule has 0 spiro atoms. The van der Waals surface area contributed by atoms with Gasteiger partial charge in [-0.2, -0.15) is 5.10 Å². The summed E-state index contributed by atoms with van der Waals surface area (Å²) in [6.45, 7) is 0.765. The number of carbonyl (C=O) groups is 2. The average Bonchev–Trinajstić information content (AvgIpc) is 3.37. The molecule has 0 saturated carbocycles. The average molecular weight is 374 g/mol. The van der Waals surface area contributed by atoms with E-state index in [0.717, 1.165) is 35.6 Å². The van der Waals surface area contributed by atoms with Crippen LogP contribution in [0.4, 0.5) is 11.4 Å². The van der Waals surface area contributed by atoms with E-state index in [1.165, 1.54) is 0 Å². The van der Waals surface area contributed by atoms with Gasteiger partial charge in [-0.25, -0.2) is 4.68 Å². The van der Waals surface area contributed by atoms with E-state index < -0.39 is 0 Å². The van der Waals surface area contributed by atoms with Crippen molar-refractivity contribution in [2.24, 2.45) is 0 Å². The molecule has 28 heavy (non-hydrogen) atoms. The molecule has 0 atom stereocenters. The Hall–Kier alpha value is -3.41. The zero-order valence-electron chi connectivity index (χ0n) is 15.5. The van der Waals surface area contributed by atoms with Gasteiger partial charge in [0.2, 0.25) is 11.8 Å². The molecule has 2 amide bonds. The molecular formula is C22H22N4O2. The molecule has 2 aromatic carbocycles. The zero-order chi connectivity index (χ0) is 19.3. The van der Waals surface area contributed by atoms with Crippen LogP contribution in [0.5, 0.6) is 0 Å². The molecular weight excluding hydrogens is 352 g/mol. The number of hydrogen-bond donors (Lipinski definition) is 1. The van der Waals surface area contributed by atoms with Gasteiger partial charge in [0, 0.05) is 37.0 Å². The quantitative estimate of drug-likeness (QED) is 0.717. The predicted octanol–water partition coefficient (Wildman–Crippen LogP) is 3.57. The summed E-state index contributed by atoms with van der Waals surface area (Å²) in [6.07, 6.45) is 6.26. The second kappa shape index (κ2) is 8.08. The largest absolute Gasteiger partial charge is 0.326 e. The number of rotatable bonds is 6. The molecule has 1 saturated heterocycles. The minimum Gasteiger partial charge on any atom is -0.326 e. The molecule has 3 aromatic rings. The van der Waals surface area contributed by atoms with Crippen LogP contribution in [0.25, 0.3) is 5.69 Å². The first-order valence-electron chi connectivity index (χ1n) is 9.48. The van der Waals surface area contributed by atoms with Crippen LogP contribution in [0.1, 0.15) is 24.8 Å². The number of carbonyl (C=O) groups excluding carboxylic acids is 2. The Morgan fingerprint density at radius 2 is 1.82 bits per heavy atom. The van der Waals surface area contributed by atoms with Gasteiger partial charge in [-0.3, -0.25) is 9.59 Å². The van der Waals surface area contributed by atoms with Crippen molar-refractivity contribution in [3.8, 4) is 5.69 Å². The lowest BCUT2D eigenvalue weighted by atomic mass is 10.2. The molecule has 0 bridgehead atoms. The highest BCUT2D eigenvalue weighted by molar-refractivity contribution is 5.96. The number of benzene rings is 2. The molecule has 2 heterocycles. The summed E-state index contributed by atoms with van der Waals surface area (Å²) in [5, 5.41) is 7.26. The molecule has 142 valence electrons. The molecule has 1 N–H and O–H groups in total. The van der Waals surface area contributed by atoms with Crippen LogP contribution in [-0.4, -0.2) is 28.1 Å². The molecule has 0 unspecified atom stereocenters. The van der Waals surface area contributed by atoms with Crippen LogP contribution >= 0.6 is 0 Å². The number of para-hydroxylation sites is 1. The van der Waals surface area contributed by atoms with Crippen molar-refractivity contribution < 1.29 is 9.59 Å². The number of aryl methyl sites for hydroxylation is 1. The van der Waals surface area contributed by atoms with E-state index in [0.29, 0.717) is 19.3 Å². The van der Waals surface area contributed by atoms with Crippen molar-refractivity contribution in [1.82, 2.24) is 9.78 Å². The summed E-state index contributed by atoms with van der Waals surface area (Å²) in [4.78, 5) is 25.8. The van der Waals surface area contributed by atoms with Gasteiger partial charge in [0.25, 0.3) is 0 Å². The summed E-state index contributed by atoms with van der Waals surface area (Å²) in [6, 6.07) is 17.3. The lowest BCUT2D eigenvalue weighted by Gasteiger charge is -2.16. The van der Waals surface area contributed by atoms with Crippen LogP contribution in [0.15, 0.2) is 67.0 Å². The Kier molecular flexibility index (Phi) is 5.19. The van der Waals surface area contributed by atoms with Gasteiger partial charge >= 0.3 is 0 Å². The number of nitrogens with one attached hydrogen (secondary N) is 1. The topological polar surface area (TPSA) is 67.2 Å². The standard InChI is InChI=1S/C22H22N4O2/c27-21(13-8-17-15-23-26(16-17)20-5-2-1-3-6-20)24-18-9-11-19(12-10-18)25-14-4-7-22(25)28/h1-3,5-6,9-12,15-16H,4,7-8,13-14H2,(H,24,27). The smallest absolute Gasteiger partial charge is 0.227 e. The minimum absolute atomic E-state index is 0.0440. The van der Waals surface area contributed by atoms with Crippen LogP contribution in [0.2, 0.25) is 0 Å². The van der Waals surface area contributed by atoms with Crippen molar-refractivity contribution in [3.63, 3.8) is 0 Å². The Balaban J connectivity index is 1.30. The lowest BCUT2D eigenvalue weighted by molar-refractivity contribution is -0.117. The Labute approximate surface area is 163 Å². The Morgan fingerprint density at radius 1 is 1.04 bits per heavy atom. The monoisotopic (exact) mass is 374 g/mol. The maximum absolute atomic E-state index is 12.3. The van der Waals surface area contributed by atoms with Crippen molar-refractivity contribution in [2.45, 2.75) is 25.7 Å². The third-order valence-electron chi connectivity index (χ3n) is 4.83. The second-order valence-corrected chi connectivity index (χ2v) is 6.87. The first-order chi connectivity index (χ1) is 13.7. The van der Waals surface area contributed by atoms with E-state index in [4.69, 9.17) is 0 Å². The van der Waals surface area contributed by atoms with Gasteiger partial charge in [0.15, 0.2) is 0 Å². The van der Waals surface area contributed by atoms with Gasteiger partial charge in [0.1, 0.15) is 0 Å². The van der Waals surface area contributed by atoms with Gasteiger partial charge in [0.05, 0.1) is 11.9 Å². The molecule has 1 fully saturated rings. The van der Waals surface area contributed by atoms with E-state index in [2.05, 4.69) is 10.4 Å². The zero-order valence-corrected chi connectivity index (χ0v) is 15.5. The molecule has 1 aliphatic heterocycles. The number of aromatic nitrogens is 2. The van der Waals surface area contributed by atoms with E-state index >= 15 is 0 Å². The first kappa shape index (κ1) is 18.0. The fourth-order valence-corrected chi connectivity index (χ4v) is 3.34. The Bertz CT molecular complexity index is 964. The van der Waals surface area contributed by atoms with E-state index in [1.54, 1.807) is 11.1 Å². The van der Waals surface area contributed by atoms with E-state index in [9.17, 15) is 9.59 Å². The molecule has 4 rings (SSSR count). The summed E-state index contributed by atoms with van der Waals surface area (Å²) in [5.41, 5.74) is 3.63. The number of nitrogens with zero attached hydrogens (tertiary/aromatic N) is 3. The summed E-state index contributed by atoms with van der Waals surface area (Å²) < 4.78 is 1.81. The van der Waals surface area contributed by atoms with Crippen molar-refractivity contribution in [3.05, 3.63) is 72.6 Å². The SMILES string of the molecule is O=C(CCc1cnn(-c2ccccc2)c1)Nc1ccc(N2CCCC2=O)cc1. The van der Waals surface area contributed by atoms with Gasteiger partial charge in [-0.05, 0) is 54.8 Å². The van der Waals surface area contributed by atoms with E-state index in [-0.39, 0.29) is 11.8 Å². The third kappa shape index (κ3) is 4.11. The molecule has 6 nitrogen and oxygen atoms in total. The minimum atomic E-state index is -0.0440. The first-order valence-corrected chi connectivity index (χ1v) is 9.48. The normalized spacial score (nSPS) is 13.7. The van der Waals surface area contributed by atoms with Gasteiger partial charge in [-0.15, -0.1) is 0 Å². The highest BCUT2D eigenvalue weighted by Crippen LogP contribution is 2.23. The van der Waals surface area contributed by atoms with Gasteiger partial charge < -0.3 is 10.2 Å². The third-order valence-corrected chi connectivity index (χ3v) is 4.83. The fourth-order valence-electron chi connectivity index (χ4n) is 3.34. The Morgan fingerprint density at radius 3 is 2.54 bits per heavy atom. The molecule has 1 aromatic heterocycles. The van der Waals surface area contributed by atoms with Crippen molar-refractivity contribution >= 4 is 23.2 Å². The molecule has 0 radical (unpaired) electrons. The molecule has 0 aliphatic carbocycles. The summed E-state index contributed by atoms with van der Waals surface area (Å²) in [7, 11) is 0. The fraction of sp³-hybridized carbons (Fsp3) is 0.227. The van der Waals surface area contributed by atoms with Crippen LogP contribution in [0.3, 0.4) is 0 Å². The number of anilines is 2. The maximum atomic E-state index is 12.3. The molecule has 6 heteroatoms. The summed E-state index contributed by atoms with van der Waals surface area (Å²) in [5.74, 6) is 0.116. The van der Waals surface area contributed by atoms with Crippen molar-refractivity contribution in [1.29, 1.82) is 0 Å².